The summed E-state index contributed by atoms with van der Waals surface area (Å²) in [5.74, 6) is -1.41. The normalized spacial score (nSPS) is 16.6. The van der Waals surface area contributed by atoms with Crippen molar-refractivity contribution in [2.45, 2.75) is 78.5 Å². The Morgan fingerprint density at radius 3 is 1.96 bits per heavy atom. The zero-order valence-corrected chi connectivity index (χ0v) is 19.9. The van der Waals surface area contributed by atoms with E-state index >= 15 is 0 Å². The molecule has 0 aliphatic heterocycles. The Balaban J connectivity index is 4.96. The molecule has 0 fully saturated rings. The first-order valence-corrected chi connectivity index (χ1v) is 10.9. The second kappa shape index (κ2) is 14.3. The smallest absolute Gasteiger partial charge is 0.413 e. The van der Waals surface area contributed by atoms with Crippen molar-refractivity contribution >= 4 is 16.3 Å². The summed E-state index contributed by atoms with van der Waals surface area (Å²) in [6.07, 6.45) is -3.10. The minimum absolute atomic E-state index is 0.331. The first kappa shape index (κ1) is 26.2. The molecule has 0 aliphatic carbocycles. The summed E-state index contributed by atoms with van der Waals surface area (Å²) >= 11 is 0. The van der Waals surface area contributed by atoms with Gasteiger partial charge in [-0.15, -0.1) is 0 Å². The van der Waals surface area contributed by atoms with Crippen molar-refractivity contribution < 1.29 is 38.0 Å². The molecular formula is C17H37NO8Si. The molecule has 0 aliphatic rings. The average Bonchev–Trinajstić information content (AvgIpc) is 2.59. The fourth-order valence-corrected chi connectivity index (χ4v) is 3.26. The molecule has 4 unspecified atom stereocenters. The maximum absolute atomic E-state index is 12.4. The number of alkyl carbamates (subject to hydrolysis) is 1. The second-order valence-corrected chi connectivity index (χ2v) is 6.44. The van der Waals surface area contributed by atoms with Crippen LogP contribution < -0.4 is 5.32 Å². The molecule has 162 valence electrons. The van der Waals surface area contributed by atoms with Crippen molar-refractivity contribution in [2.75, 3.05) is 26.9 Å². The van der Waals surface area contributed by atoms with Gasteiger partial charge in [-0.05, 0) is 47.6 Å². The lowest BCUT2D eigenvalue weighted by Gasteiger charge is -2.39. The van der Waals surface area contributed by atoms with E-state index < -0.39 is 37.0 Å². The summed E-state index contributed by atoms with van der Waals surface area (Å²) in [6.45, 7) is 11.7. The highest BCUT2D eigenvalue weighted by Crippen LogP contribution is 2.22. The van der Waals surface area contributed by atoms with Gasteiger partial charge in [0, 0.05) is 37.2 Å². The standard InChI is InChI=1S/C17H37NO8Si/c1-8-21-15(11-27)17(22-9-2,23-10-3)18-16(19)26-14(6)25-13(5)24-12(4)20-7/h12-15H,8-11H2,1-7,27H3,(H,18,19). The number of hydrogen-bond donors (Lipinski definition) is 1. The third kappa shape index (κ3) is 9.83. The highest BCUT2D eigenvalue weighted by molar-refractivity contribution is 6.09. The van der Waals surface area contributed by atoms with Gasteiger partial charge in [0.25, 0.3) is 5.91 Å². The average molecular weight is 412 g/mol. The van der Waals surface area contributed by atoms with Crippen LogP contribution in [0.15, 0.2) is 0 Å². The van der Waals surface area contributed by atoms with E-state index in [-0.39, 0.29) is 0 Å². The van der Waals surface area contributed by atoms with Gasteiger partial charge in [0.05, 0.1) is 0 Å². The van der Waals surface area contributed by atoms with E-state index in [0.717, 1.165) is 10.2 Å². The number of hydrogen-bond acceptors (Lipinski definition) is 8. The predicted molar refractivity (Wildman–Crippen MR) is 103 cm³/mol. The molecule has 0 aromatic carbocycles. The van der Waals surface area contributed by atoms with Gasteiger partial charge in [0.1, 0.15) is 6.10 Å². The number of rotatable bonds is 15. The van der Waals surface area contributed by atoms with E-state index in [4.69, 9.17) is 33.2 Å². The maximum atomic E-state index is 12.4. The lowest BCUT2D eigenvalue weighted by atomic mass is 10.3. The number of ether oxygens (including phenoxy) is 7. The van der Waals surface area contributed by atoms with Crippen LogP contribution >= 0.6 is 0 Å². The largest absolute Gasteiger partial charge is 0.420 e. The highest BCUT2D eigenvalue weighted by Gasteiger charge is 2.43. The molecule has 0 radical (unpaired) electrons. The van der Waals surface area contributed by atoms with Crippen molar-refractivity contribution in [3.63, 3.8) is 0 Å². The summed E-state index contributed by atoms with van der Waals surface area (Å²) in [5.41, 5.74) is 0. The molecule has 9 nitrogen and oxygen atoms in total. The molecule has 0 spiro atoms. The van der Waals surface area contributed by atoms with Gasteiger partial charge in [0.15, 0.2) is 12.6 Å². The molecular weight excluding hydrogens is 374 g/mol. The molecule has 0 saturated heterocycles. The molecule has 10 heteroatoms. The molecule has 0 bridgehead atoms. The van der Waals surface area contributed by atoms with Gasteiger partial charge in [-0.1, -0.05) is 0 Å². The van der Waals surface area contributed by atoms with E-state index in [1.807, 2.05) is 20.8 Å². The highest BCUT2D eigenvalue weighted by atomic mass is 28.1. The van der Waals surface area contributed by atoms with Crippen LogP contribution in [-0.2, 0) is 33.2 Å². The second-order valence-electron chi connectivity index (χ2n) is 5.63. The third-order valence-electron chi connectivity index (χ3n) is 3.53. The van der Waals surface area contributed by atoms with Crippen LogP contribution in [-0.4, -0.2) is 74.2 Å². The van der Waals surface area contributed by atoms with Gasteiger partial charge < -0.3 is 33.2 Å². The van der Waals surface area contributed by atoms with Gasteiger partial charge in [-0.3, -0.25) is 5.32 Å². The Morgan fingerprint density at radius 2 is 1.52 bits per heavy atom. The van der Waals surface area contributed by atoms with Crippen LogP contribution in [0.25, 0.3) is 0 Å². The van der Waals surface area contributed by atoms with E-state index in [2.05, 4.69) is 5.32 Å². The summed E-state index contributed by atoms with van der Waals surface area (Å²) in [6, 6.07) is 0.708. The van der Waals surface area contributed by atoms with Crippen molar-refractivity contribution in [2.24, 2.45) is 0 Å². The monoisotopic (exact) mass is 411 g/mol. The fourth-order valence-electron chi connectivity index (χ4n) is 2.48. The molecule has 0 heterocycles. The summed E-state index contributed by atoms with van der Waals surface area (Å²) < 4.78 is 38.4. The van der Waals surface area contributed by atoms with Crippen molar-refractivity contribution in [3.8, 4) is 0 Å². The van der Waals surface area contributed by atoms with Gasteiger partial charge >= 0.3 is 6.09 Å². The molecule has 0 aromatic rings. The molecule has 0 aromatic heterocycles. The lowest BCUT2D eigenvalue weighted by Crippen LogP contribution is -2.61. The topological polar surface area (TPSA) is 93.7 Å². The van der Waals surface area contributed by atoms with Gasteiger partial charge in [0.2, 0.25) is 6.29 Å². The van der Waals surface area contributed by atoms with Gasteiger partial charge in [-0.25, -0.2) is 4.79 Å². The van der Waals surface area contributed by atoms with E-state index in [1.165, 1.54) is 7.11 Å². The number of nitrogens with one attached hydrogen (secondary N) is 1. The van der Waals surface area contributed by atoms with Crippen LogP contribution in [0.1, 0.15) is 41.5 Å². The van der Waals surface area contributed by atoms with Crippen LogP contribution in [0.3, 0.4) is 0 Å². The first-order chi connectivity index (χ1) is 12.8. The summed E-state index contributed by atoms with van der Waals surface area (Å²) in [7, 11) is 2.37. The Hall–Kier alpha value is -0.753. The quantitative estimate of drug-likeness (QED) is 0.319. The number of carbonyl (C=O) groups excluding carboxylic acids is 1. The molecule has 4 atom stereocenters. The van der Waals surface area contributed by atoms with Crippen LogP contribution in [0.2, 0.25) is 6.04 Å². The maximum Gasteiger partial charge on any atom is 0.413 e. The van der Waals surface area contributed by atoms with E-state index in [9.17, 15) is 4.79 Å². The Kier molecular flexibility index (Phi) is 13.9. The molecule has 0 rings (SSSR count). The van der Waals surface area contributed by atoms with Crippen molar-refractivity contribution in [3.05, 3.63) is 0 Å². The number of methoxy groups -OCH3 is 1. The number of carbonyl (C=O) groups is 1. The molecule has 1 N–H and O–H groups in total. The third-order valence-corrected chi connectivity index (χ3v) is 4.27. The summed E-state index contributed by atoms with van der Waals surface area (Å²) in [5, 5.41) is 2.67. The van der Waals surface area contributed by atoms with Crippen molar-refractivity contribution in [1.29, 1.82) is 0 Å². The van der Waals surface area contributed by atoms with E-state index in [0.29, 0.717) is 25.9 Å². The molecule has 1 amide bonds. The van der Waals surface area contributed by atoms with Gasteiger partial charge in [-0.2, -0.15) is 0 Å². The fraction of sp³-hybridized carbons (Fsp3) is 0.941. The van der Waals surface area contributed by atoms with Crippen LogP contribution in [0.5, 0.6) is 0 Å². The molecule has 27 heavy (non-hydrogen) atoms. The zero-order chi connectivity index (χ0) is 20.9. The van der Waals surface area contributed by atoms with Crippen LogP contribution in [0.4, 0.5) is 4.79 Å². The van der Waals surface area contributed by atoms with Crippen molar-refractivity contribution in [1.82, 2.24) is 5.32 Å². The minimum atomic E-state index is -1.41. The Labute approximate surface area is 165 Å². The minimum Gasteiger partial charge on any atom is -0.420 e. The number of amides is 1. The lowest BCUT2D eigenvalue weighted by molar-refractivity contribution is -0.299. The molecule has 0 saturated carbocycles. The Morgan fingerprint density at radius 1 is 0.963 bits per heavy atom. The summed E-state index contributed by atoms with van der Waals surface area (Å²) in [4.78, 5) is 12.4. The SMILES string of the molecule is CCOC(C[SiH3])C(NC(=O)OC(C)OC(C)OC(C)OC)(OCC)OCC. The zero-order valence-electron chi connectivity index (χ0n) is 17.9. The Bertz CT molecular complexity index is 395. The van der Waals surface area contributed by atoms with E-state index in [1.54, 1.807) is 20.8 Å². The predicted octanol–water partition coefficient (Wildman–Crippen LogP) is 1.35. The first-order valence-electron chi connectivity index (χ1n) is 9.50. The van der Waals surface area contributed by atoms with Crippen LogP contribution in [0, 0.1) is 0 Å².